The van der Waals surface area contributed by atoms with Crippen LogP contribution in [0.5, 0.6) is 0 Å². The topological polar surface area (TPSA) is 87.0 Å². The Morgan fingerprint density at radius 1 is 1.40 bits per heavy atom. The number of fused-ring (bicyclic) bond motifs is 2. The fourth-order valence-electron chi connectivity index (χ4n) is 4.30. The highest BCUT2D eigenvalue weighted by atomic mass is 16.6. The molecule has 1 heterocycles. The second kappa shape index (κ2) is 4.29. The molecule has 0 aromatic carbocycles. The van der Waals surface area contributed by atoms with Crippen molar-refractivity contribution in [2.75, 3.05) is 6.61 Å². The number of rotatable bonds is 1. The average Bonchev–Trinajstić information content (AvgIpc) is 2.68. The maximum absolute atomic E-state index is 11.8. The summed E-state index contributed by atoms with van der Waals surface area (Å²) in [5, 5.41) is 30.7. The summed E-state index contributed by atoms with van der Waals surface area (Å²) in [6.07, 6.45) is 0.846. The predicted octanol–water partition coefficient (Wildman–Crippen LogP) is 0.523. The van der Waals surface area contributed by atoms with Gasteiger partial charge >= 0.3 is 5.97 Å². The largest absolute Gasteiger partial charge is 0.454 e. The summed E-state index contributed by atoms with van der Waals surface area (Å²) in [7, 11) is 0. The third-order valence-corrected chi connectivity index (χ3v) is 5.99. The van der Waals surface area contributed by atoms with Crippen molar-refractivity contribution in [3.05, 3.63) is 11.1 Å². The molecule has 112 valence electrons. The monoisotopic (exact) mass is 282 g/mol. The zero-order chi connectivity index (χ0) is 14.7. The smallest absolute Gasteiger partial charge is 0.337 e. The van der Waals surface area contributed by atoms with E-state index >= 15 is 0 Å². The van der Waals surface area contributed by atoms with Crippen molar-refractivity contribution in [1.29, 1.82) is 0 Å². The molecule has 3 N–H and O–H groups in total. The highest BCUT2D eigenvalue weighted by Crippen LogP contribution is 2.58. The Morgan fingerprint density at radius 2 is 2.10 bits per heavy atom. The fraction of sp³-hybridized carbons (Fsp3) is 0.800. The molecule has 3 rings (SSSR count). The third kappa shape index (κ3) is 1.57. The Bertz CT molecular complexity index is 485. The number of hydrogen-bond donors (Lipinski definition) is 3. The van der Waals surface area contributed by atoms with Crippen molar-refractivity contribution in [3.8, 4) is 0 Å². The first-order valence-electron chi connectivity index (χ1n) is 7.27. The molecule has 5 nitrogen and oxygen atoms in total. The molecule has 0 spiro atoms. The van der Waals surface area contributed by atoms with Gasteiger partial charge in [-0.15, -0.1) is 0 Å². The van der Waals surface area contributed by atoms with Crippen molar-refractivity contribution in [2.45, 2.75) is 57.3 Å². The summed E-state index contributed by atoms with van der Waals surface area (Å²) in [5.41, 5.74) is -0.578. The standard InChI is InChI=1S/C15H22O5/c1-8-3-4-12(17)15(19)6-11-9(5-14(8,15)2)10(7-16)13(18)20-11/h8,11-12,16-17,19H,3-7H2,1-2H3/t8-,11+,12-,14+,15-/m0/s1. The van der Waals surface area contributed by atoms with Gasteiger partial charge in [0.15, 0.2) is 0 Å². The Kier molecular flexibility index (Phi) is 3.01. The predicted molar refractivity (Wildman–Crippen MR) is 70.7 cm³/mol. The van der Waals surface area contributed by atoms with E-state index in [9.17, 15) is 20.1 Å². The SMILES string of the molecule is C[C@H]1CC[C@H](O)[C@@]2(O)C[C@H]3OC(=O)C(CO)=C3C[C@]12C. The molecule has 2 saturated carbocycles. The van der Waals surface area contributed by atoms with Crippen LogP contribution in [0.25, 0.3) is 0 Å². The van der Waals surface area contributed by atoms with Gasteiger partial charge in [0.1, 0.15) is 11.7 Å². The lowest BCUT2D eigenvalue weighted by Gasteiger charge is -2.58. The number of aliphatic hydroxyl groups excluding tert-OH is 2. The number of carbonyl (C=O) groups is 1. The molecule has 0 aromatic rings. The van der Waals surface area contributed by atoms with Crippen LogP contribution in [0, 0.1) is 11.3 Å². The Balaban J connectivity index is 2.06. The van der Waals surface area contributed by atoms with Crippen molar-refractivity contribution in [1.82, 2.24) is 0 Å². The molecule has 0 radical (unpaired) electrons. The molecule has 1 aliphatic heterocycles. The maximum atomic E-state index is 11.8. The van der Waals surface area contributed by atoms with Gasteiger partial charge in [0.05, 0.1) is 18.3 Å². The minimum absolute atomic E-state index is 0.222. The van der Waals surface area contributed by atoms with Crippen LogP contribution in [0.15, 0.2) is 11.1 Å². The van der Waals surface area contributed by atoms with Crippen LogP contribution in [-0.4, -0.2) is 45.7 Å². The van der Waals surface area contributed by atoms with Gasteiger partial charge in [-0.3, -0.25) is 0 Å². The van der Waals surface area contributed by atoms with Crippen molar-refractivity contribution < 1.29 is 24.9 Å². The van der Waals surface area contributed by atoms with Crippen LogP contribution < -0.4 is 0 Å². The van der Waals surface area contributed by atoms with Gasteiger partial charge in [0.2, 0.25) is 0 Å². The Hall–Kier alpha value is -0.910. The number of esters is 1. The molecule has 0 unspecified atom stereocenters. The van der Waals surface area contributed by atoms with Crippen LogP contribution in [0.1, 0.15) is 39.5 Å². The molecule has 0 bridgehead atoms. The van der Waals surface area contributed by atoms with Gasteiger partial charge in [-0.1, -0.05) is 13.8 Å². The molecular formula is C15H22O5. The van der Waals surface area contributed by atoms with E-state index in [2.05, 4.69) is 6.92 Å². The normalized spacial score (nSPS) is 47.9. The molecule has 0 aromatic heterocycles. The van der Waals surface area contributed by atoms with Gasteiger partial charge in [0, 0.05) is 11.8 Å². The van der Waals surface area contributed by atoms with E-state index in [1.165, 1.54) is 0 Å². The van der Waals surface area contributed by atoms with E-state index < -0.39 is 29.2 Å². The van der Waals surface area contributed by atoms with Gasteiger partial charge < -0.3 is 20.1 Å². The van der Waals surface area contributed by atoms with Crippen molar-refractivity contribution >= 4 is 5.97 Å². The minimum atomic E-state index is -1.23. The molecule has 0 amide bonds. The molecule has 20 heavy (non-hydrogen) atoms. The molecule has 5 atom stereocenters. The Morgan fingerprint density at radius 3 is 2.75 bits per heavy atom. The van der Waals surface area contributed by atoms with E-state index in [1.807, 2.05) is 6.92 Å². The molecule has 2 fully saturated rings. The van der Waals surface area contributed by atoms with E-state index in [4.69, 9.17) is 4.74 Å². The van der Waals surface area contributed by atoms with Gasteiger partial charge in [-0.25, -0.2) is 4.79 Å². The van der Waals surface area contributed by atoms with E-state index in [0.717, 1.165) is 12.0 Å². The van der Waals surface area contributed by atoms with Gasteiger partial charge in [-0.05, 0) is 30.8 Å². The minimum Gasteiger partial charge on any atom is -0.454 e. The van der Waals surface area contributed by atoms with Crippen LogP contribution >= 0.6 is 0 Å². The average molecular weight is 282 g/mol. The lowest BCUT2D eigenvalue weighted by Crippen LogP contribution is -2.64. The highest BCUT2D eigenvalue weighted by molar-refractivity contribution is 5.92. The quantitative estimate of drug-likeness (QED) is 0.610. The summed E-state index contributed by atoms with van der Waals surface area (Å²) in [5.74, 6) is -0.250. The summed E-state index contributed by atoms with van der Waals surface area (Å²) in [4.78, 5) is 11.8. The summed E-state index contributed by atoms with van der Waals surface area (Å²) < 4.78 is 5.27. The zero-order valence-electron chi connectivity index (χ0n) is 11.9. The van der Waals surface area contributed by atoms with Gasteiger partial charge in [-0.2, -0.15) is 0 Å². The van der Waals surface area contributed by atoms with Crippen LogP contribution in [-0.2, 0) is 9.53 Å². The van der Waals surface area contributed by atoms with Crippen LogP contribution in [0.2, 0.25) is 0 Å². The second-order valence-electron chi connectivity index (χ2n) is 6.77. The fourth-order valence-corrected chi connectivity index (χ4v) is 4.30. The van der Waals surface area contributed by atoms with Crippen molar-refractivity contribution in [3.63, 3.8) is 0 Å². The van der Waals surface area contributed by atoms with Crippen molar-refractivity contribution in [2.24, 2.45) is 11.3 Å². The lowest BCUT2D eigenvalue weighted by atomic mass is 9.51. The number of carbonyl (C=O) groups excluding carboxylic acids is 1. The first-order chi connectivity index (χ1) is 9.33. The van der Waals surface area contributed by atoms with E-state index in [1.54, 1.807) is 0 Å². The zero-order valence-corrected chi connectivity index (χ0v) is 11.9. The summed E-state index contributed by atoms with van der Waals surface area (Å²) in [6, 6.07) is 0. The molecule has 5 heteroatoms. The molecule has 2 aliphatic carbocycles. The van der Waals surface area contributed by atoms with Gasteiger partial charge in [0.25, 0.3) is 0 Å². The molecule has 0 saturated heterocycles. The first kappa shape index (κ1) is 14.0. The summed E-state index contributed by atoms with van der Waals surface area (Å²) >= 11 is 0. The number of aliphatic hydroxyl groups is 3. The van der Waals surface area contributed by atoms with Crippen LogP contribution in [0.3, 0.4) is 0 Å². The number of ether oxygens (including phenoxy) is 1. The van der Waals surface area contributed by atoms with E-state index in [0.29, 0.717) is 18.4 Å². The lowest BCUT2D eigenvalue weighted by molar-refractivity contribution is -0.221. The molecular weight excluding hydrogens is 260 g/mol. The highest BCUT2D eigenvalue weighted by Gasteiger charge is 2.62. The van der Waals surface area contributed by atoms with E-state index in [-0.39, 0.29) is 18.9 Å². The second-order valence-corrected chi connectivity index (χ2v) is 6.77. The summed E-state index contributed by atoms with van der Waals surface area (Å²) in [6.45, 7) is 3.73. The Labute approximate surface area is 118 Å². The van der Waals surface area contributed by atoms with Crippen LogP contribution in [0.4, 0.5) is 0 Å². The molecule has 3 aliphatic rings. The first-order valence-corrected chi connectivity index (χ1v) is 7.27. The third-order valence-electron chi connectivity index (χ3n) is 5.99. The number of hydrogen-bond acceptors (Lipinski definition) is 5. The maximum Gasteiger partial charge on any atom is 0.337 e.